The van der Waals surface area contributed by atoms with Gasteiger partial charge >= 0.3 is 5.97 Å². The van der Waals surface area contributed by atoms with E-state index in [0.29, 0.717) is 29.5 Å². The summed E-state index contributed by atoms with van der Waals surface area (Å²) in [6, 6.07) is 13.0. The molecule has 2 atom stereocenters. The number of hydrogen-bond acceptors (Lipinski definition) is 5. The number of carbonyl (C=O) groups excluding carboxylic acids is 2. The minimum Gasteiger partial charge on any atom is -0.465 e. The molecule has 2 fully saturated rings. The normalized spacial score (nSPS) is 20.8. The lowest BCUT2D eigenvalue weighted by atomic mass is 10.1. The number of carbonyl (C=O) groups is 2. The predicted octanol–water partition coefficient (Wildman–Crippen LogP) is 3.71. The van der Waals surface area contributed by atoms with Gasteiger partial charge in [0.05, 0.1) is 31.6 Å². The molecule has 7 heteroatoms. The predicted molar refractivity (Wildman–Crippen MR) is 112 cm³/mol. The molecule has 0 spiro atoms. The quantitative estimate of drug-likeness (QED) is 0.755. The Morgan fingerprint density at radius 1 is 1.14 bits per heavy atom. The molecule has 2 aliphatic rings. The summed E-state index contributed by atoms with van der Waals surface area (Å²) < 4.78 is 10.3. The van der Waals surface area contributed by atoms with Crippen LogP contribution < -0.4 is 10.2 Å². The summed E-state index contributed by atoms with van der Waals surface area (Å²) in [5, 5.41) is 3.60. The number of amides is 1. The van der Waals surface area contributed by atoms with Crippen molar-refractivity contribution in [3.63, 3.8) is 0 Å². The minimum absolute atomic E-state index is 0.0887. The van der Waals surface area contributed by atoms with E-state index < -0.39 is 5.97 Å². The average Bonchev–Trinajstić information content (AvgIpc) is 3.56. The second-order valence-electron chi connectivity index (χ2n) is 7.31. The van der Waals surface area contributed by atoms with Crippen LogP contribution in [0.3, 0.4) is 0 Å². The van der Waals surface area contributed by atoms with Crippen molar-refractivity contribution in [3.05, 3.63) is 58.6 Å². The van der Waals surface area contributed by atoms with Gasteiger partial charge in [0.25, 0.3) is 0 Å². The second kappa shape index (κ2) is 8.43. The monoisotopic (exact) mass is 414 g/mol. The first-order valence-electron chi connectivity index (χ1n) is 9.68. The molecule has 1 heterocycles. The summed E-state index contributed by atoms with van der Waals surface area (Å²) in [6.07, 6.45) is 0.785. The van der Waals surface area contributed by atoms with Crippen molar-refractivity contribution in [2.75, 3.05) is 43.6 Å². The van der Waals surface area contributed by atoms with E-state index in [-0.39, 0.29) is 17.7 Å². The lowest BCUT2D eigenvalue weighted by Crippen LogP contribution is -2.36. The third-order valence-electron chi connectivity index (χ3n) is 5.47. The van der Waals surface area contributed by atoms with E-state index in [0.717, 1.165) is 30.8 Å². The number of methoxy groups -OCH3 is 1. The number of esters is 1. The van der Waals surface area contributed by atoms with Gasteiger partial charge in [-0.3, -0.25) is 4.79 Å². The maximum Gasteiger partial charge on any atom is 0.340 e. The molecule has 2 aromatic carbocycles. The maximum atomic E-state index is 12.8. The molecule has 1 saturated heterocycles. The molecule has 4 rings (SSSR count). The lowest BCUT2D eigenvalue weighted by Gasteiger charge is -2.29. The summed E-state index contributed by atoms with van der Waals surface area (Å²) >= 11 is 5.94. The smallest absolute Gasteiger partial charge is 0.340 e. The Balaban J connectivity index is 1.49. The Hall–Kier alpha value is -2.57. The van der Waals surface area contributed by atoms with Gasteiger partial charge in [0, 0.05) is 29.7 Å². The van der Waals surface area contributed by atoms with Crippen LogP contribution in [0, 0.1) is 5.92 Å². The highest BCUT2D eigenvalue weighted by Gasteiger charge is 2.44. The molecule has 1 N–H and O–H groups in total. The average molecular weight is 415 g/mol. The number of ether oxygens (including phenoxy) is 2. The highest BCUT2D eigenvalue weighted by molar-refractivity contribution is 6.30. The third kappa shape index (κ3) is 4.38. The highest BCUT2D eigenvalue weighted by Crippen LogP contribution is 2.48. The fourth-order valence-electron chi connectivity index (χ4n) is 3.73. The van der Waals surface area contributed by atoms with Crippen LogP contribution in [-0.4, -0.2) is 45.3 Å². The number of anilines is 2. The van der Waals surface area contributed by atoms with Crippen molar-refractivity contribution in [2.45, 2.75) is 12.3 Å². The van der Waals surface area contributed by atoms with Crippen molar-refractivity contribution >= 4 is 34.9 Å². The molecule has 1 aliphatic carbocycles. The van der Waals surface area contributed by atoms with E-state index in [9.17, 15) is 9.59 Å². The van der Waals surface area contributed by atoms with Crippen LogP contribution in [0.1, 0.15) is 28.3 Å². The van der Waals surface area contributed by atoms with E-state index >= 15 is 0 Å². The molecular formula is C22H23ClN2O4. The van der Waals surface area contributed by atoms with Gasteiger partial charge in [0.2, 0.25) is 5.91 Å². The highest BCUT2D eigenvalue weighted by atomic mass is 35.5. The van der Waals surface area contributed by atoms with E-state index in [1.54, 1.807) is 12.1 Å². The summed E-state index contributed by atoms with van der Waals surface area (Å²) in [5.74, 6) is -0.489. The summed E-state index contributed by atoms with van der Waals surface area (Å²) in [4.78, 5) is 27.2. The van der Waals surface area contributed by atoms with Gasteiger partial charge in [-0.25, -0.2) is 4.79 Å². The van der Waals surface area contributed by atoms with Gasteiger partial charge in [-0.2, -0.15) is 0 Å². The zero-order valence-electron chi connectivity index (χ0n) is 16.2. The van der Waals surface area contributed by atoms with Crippen LogP contribution >= 0.6 is 11.6 Å². The van der Waals surface area contributed by atoms with Crippen LogP contribution in [0.4, 0.5) is 11.4 Å². The Labute approximate surface area is 174 Å². The van der Waals surface area contributed by atoms with Crippen molar-refractivity contribution in [2.24, 2.45) is 5.92 Å². The molecule has 1 saturated carbocycles. The molecule has 2 aromatic rings. The van der Waals surface area contributed by atoms with E-state index in [1.165, 1.54) is 7.11 Å². The van der Waals surface area contributed by atoms with Crippen LogP contribution in [-0.2, 0) is 14.3 Å². The lowest BCUT2D eigenvalue weighted by molar-refractivity contribution is -0.117. The Bertz CT molecular complexity index is 910. The molecule has 2 unspecified atom stereocenters. The van der Waals surface area contributed by atoms with Crippen LogP contribution in [0.15, 0.2) is 42.5 Å². The Kier molecular flexibility index (Phi) is 5.74. The molecule has 6 nitrogen and oxygen atoms in total. The zero-order chi connectivity index (χ0) is 20.4. The number of rotatable bonds is 5. The third-order valence-corrected chi connectivity index (χ3v) is 5.72. The van der Waals surface area contributed by atoms with Crippen molar-refractivity contribution in [1.82, 2.24) is 0 Å². The summed E-state index contributed by atoms with van der Waals surface area (Å²) in [7, 11) is 1.34. The Morgan fingerprint density at radius 2 is 1.86 bits per heavy atom. The van der Waals surface area contributed by atoms with Crippen LogP contribution in [0.25, 0.3) is 0 Å². The van der Waals surface area contributed by atoms with Crippen molar-refractivity contribution < 1.29 is 19.1 Å². The number of nitrogens with zero attached hydrogens (tertiary/aromatic N) is 1. The minimum atomic E-state index is -0.472. The topological polar surface area (TPSA) is 67.9 Å². The number of nitrogens with one attached hydrogen (secondary N) is 1. The summed E-state index contributed by atoms with van der Waals surface area (Å²) in [6.45, 7) is 2.83. The van der Waals surface area contributed by atoms with E-state index in [4.69, 9.17) is 21.1 Å². The van der Waals surface area contributed by atoms with Gasteiger partial charge < -0.3 is 19.7 Å². The molecule has 1 aliphatic heterocycles. The summed E-state index contributed by atoms with van der Waals surface area (Å²) in [5.41, 5.74) is 2.84. The maximum absolute atomic E-state index is 12.8. The largest absolute Gasteiger partial charge is 0.465 e. The Morgan fingerprint density at radius 3 is 2.55 bits per heavy atom. The van der Waals surface area contributed by atoms with Gasteiger partial charge in [0.15, 0.2) is 0 Å². The molecule has 0 aromatic heterocycles. The standard InChI is InChI=1S/C22H23ClN2O4/c1-28-22(27)19-12-16(25-8-10-29-11-9-25)6-7-20(19)24-21(26)18-13-17(18)14-2-4-15(23)5-3-14/h2-7,12,17-18H,8-11,13H2,1H3,(H,24,26). The molecular weight excluding hydrogens is 392 g/mol. The molecule has 152 valence electrons. The van der Waals surface area contributed by atoms with Crippen molar-refractivity contribution in [1.29, 1.82) is 0 Å². The fraction of sp³-hybridized carbons (Fsp3) is 0.364. The first-order chi connectivity index (χ1) is 14.1. The molecule has 29 heavy (non-hydrogen) atoms. The number of hydrogen-bond donors (Lipinski definition) is 1. The van der Waals surface area contributed by atoms with Crippen molar-refractivity contribution in [3.8, 4) is 0 Å². The first-order valence-corrected chi connectivity index (χ1v) is 10.1. The molecule has 0 bridgehead atoms. The zero-order valence-corrected chi connectivity index (χ0v) is 16.9. The molecule has 0 radical (unpaired) electrons. The number of morpholine rings is 1. The van der Waals surface area contributed by atoms with Gasteiger partial charge in [-0.05, 0) is 48.2 Å². The molecule has 1 amide bonds. The second-order valence-corrected chi connectivity index (χ2v) is 7.75. The van der Waals surface area contributed by atoms with Gasteiger partial charge in [-0.1, -0.05) is 23.7 Å². The van der Waals surface area contributed by atoms with Gasteiger partial charge in [-0.15, -0.1) is 0 Å². The van der Waals surface area contributed by atoms with E-state index in [2.05, 4.69) is 10.2 Å². The number of benzene rings is 2. The SMILES string of the molecule is COC(=O)c1cc(N2CCOCC2)ccc1NC(=O)C1CC1c1ccc(Cl)cc1. The first kappa shape index (κ1) is 19.7. The van der Waals surface area contributed by atoms with Gasteiger partial charge in [0.1, 0.15) is 0 Å². The van der Waals surface area contributed by atoms with Crippen LogP contribution in [0.2, 0.25) is 5.02 Å². The van der Waals surface area contributed by atoms with E-state index in [1.807, 2.05) is 30.3 Å². The van der Waals surface area contributed by atoms with Crippen LogP contribution in [0.5, 0.6) is 0 Å². The fourth-order valence-corrected chi connectivity index (χ4v) is 3.85. The number of halogens is 1.